The Labute approximate surface area is 102 Å². The number of H-pyrrole nitrogens is 1. The van der Waals surface area contributed by atoms with Crippen molar-refractivity contribution in [1.29, 1.82) is 0 Å². The SMILES string of the molecule is NC(=O)C(N)CCSc1n[nH]c(=O)n1C1CC1. The van der Waals surface area contributed by atoms with Crippen LogP contribution in [0.2, 0.25) is 0 Å². The molecule has 5 N–H and O–H groups in total. The van der Waals surface area contributed by atoms with E-state index in [1.165, 1.54) is 11.8 Å². The van der Waals surface area contributed by atoms with Crippen molar-refractivity contribution >= 4 is 17.7 Å². The molecule has 1 atom stereocenters. The van der Waals surface area contributed by atoms with Crippen LogP contribution in [0, 0.1) is 0 Å². The number of aromatic amines is 1. The van der Waals surface area contributed by atoms with E-state index in [1.807, 2.05) is 0 Å². The number of nitrogens with one attached hydrogen (secondary N) is 1. The van der Waals surface area contributed by atoms with Gasteiger partial charge >= 0.3 is 5.69 Å². The molecule has 0 bridgehead atoms. The predicted molar refractivity (Wildman–Crippen MR) is 63.6 cm³/mol. The molecule has 1 amide bonds. The van der Waals surface area contributed by atoms with Crippen LogP contribution in [0.1, 0.15) is 25.3 Å². The maximum Gasteiger partial charge on any atom is 0.344 e. The van der Waals surface area contributed by atoms with Gasteiger partial charge in [-0.2, -0.15) is 0 Å². The Hall–Kier alpha value is -1.28. The van der Waals surface area contributed by atoms with Gasteiger partial charge in [0.05, 0.1) is 6.04 Å². The Kier molecular flexibility index (Phi) is 3.53. The molecule has 1 aromatic heterocycles. The number of carbonyl (C=O) groups is 1. The lowest BCUT2D eigenvalue weighted by molar-refractivity contribution is -0.119. The summed E-state index contributed by atoms with van der Waals surface area (Å²) in [7, 11) is 0. The minimum atomic E-state index is -0.637. The van der Waals surface area contributed by atoms with E-state index in [4.69, 9.17) is 11.5 Å². The number of nitrogens with two attached hydrogens (primary N) is 2. The molecular weight excluding hydrogens is 242 g/mol. The summed E-state index contributed by atoms with van der Waals surface area (Å²) in [6.07, 6.45) is 2.52. The molecule has 1 aliphatic rings. The number of carbonyl (C=O) groups excluding carboxylic acids is 1. The lowest BCUT2D eigenvalue weighted by Gasteiger charge is -2.06. The number of hydrogen-bond donors (Lipinski definition) is 3. The highest BCUT2D eigenvalue weighted by Crippen LogP contribution is 2.36. The second-order valence-corrected chi connectivity index (χ2v) is 5.12. The van der Waals surface area contributed by atoms with E-state index in [-0.39, 0.29) is 11.7 Å². The Morgan fingerprint density at radius 3 is 2.94 bits per heavy atom. The van der Waals surface area contributed by atoms with E-state index in [2.05, 4.69) is 10.2 Å². The van der Waals surface area contributed by atoms with Crippen molar-refractivity contribution in [2.24, 2.45) is 11.5 Å². The molecule has 8 heteroatoms. The molecule has 2 rings (SSSR count). The molecule has 0 spiro atoms. The van der Waals surface area contributed by atoms with Crippen molar-refractivity contribution in [3.63, 3.8) is 0 Å². The third kappa shape index (κ3) is 2.89. The third-order valence-corrected chi connectivity index (χ3v) is 3.60. The summed E-state index contributed by atoms with van der Waals surface area (Å²) in [5.41, 5.74) is 10.4. The lowest BCUT2D eigenvalue weighted by atomic mass is 10.2. The standard InChI is InChI=1S/C9H15N5O2S/c10-6(7(11)15)3-4-17-9-13-12-8(16)14(9)5-1-2-5/h5-6H,1-4,10H2,(H2,11,15)(H,12,16). The van der Waals surface area contributed by atoms with E-state index in [0.717, 1.165) is 12.8 Å². The van der Waals surface area contributed by atoms with Crippen LogP contribution in [-0.2, 0) is 4.79 Å². The largest absolute Gasteiger partial charge is 0.368 e. The lowest BCUT2D eigenvalue weighted by Crippen LogP contribution is -2.36. The fourth-order valence-electron chi connectivity index (χ4n) is 1.47. The van der Waals surface area contributed by atoms with Gasteiger partial charge in [0, 0.05) is 11.8 Å². The molecule has 7 nitrogen and oxygen atoms in total. The molecule has 1 fully saturated rings. The van der Waals surface area contributed by atoms with Gasteiger partial charge in [0.25, 0.3) is 0 Å². The third-order valence-electron chi connectivity index (χ3n) is 2.61. The number of nitrogens with zero attached hydrogens (tertiary/aromatic N) is 2. The number of primary amides is 1. The summed E-state index contributed by atoms with van der Waals surface area (Å²) >= 11 is 1.41. The fourth-order valence-corrected chi connectivity index (χ4v) is 2.50. The van der Waals surface area contributed by atoms with Crippen molar-refractivity contribution in [3.8, 4) is 0 Å². The highest BCUT2D eigenvalue weighted by Gasteiger charge is 2.28. The van der Waals surface area contributed by atoms with Gasteiger partial charge in [-0.05, 0) is 19.3 Å². The predicted octanol–water partition coefficient (Wildman–Crippen LogP) is -0.799. The van der Waals surface area contributed by atoms with Crippen molar-refractivity contribution in [1.82, 2.24) is 14.8 Å². The first-order chi connectivity index (χ1) is 8.09. The molecule has 0 saturated heterocycles. The molecular formula is C9H15N5O2S. The summed E-state index contributed by atoms with van der Waals surface area (Å²) in [6, 6.07) is -0.351. The number of hydrogen-bond acceptors (Lipinski definition) is 5. The van der Waals surface area contributed by atoms with Gasteiger partial charge in [0.2, 0.25) is 5.91 Å². The van der Waals surface area contributed by atoms with Gasteiger partial charge in [-0.15, -0.1) is 5.10 Å². The number of aromatic nitrogens is 3. The highest BCUT2D eigenvalue weighted by atomic mass is 32.2. The molecule has 0 radical (unpaired) electrons. The maximum atomic E-state index is 11.5. The van der Waals surface area contributed by atoms with Crippen LogP contribution in [-0.4, -0.2) is 32.5 Å². The van der Waals surface area contributed by atoms with Crippen molar-refractivity contribution < 1.29 is 4.79 Å². The normalized spacial score (nSPS) is 17.0. The van der Waals surface area contributed by atoms with Crippen molar-refractivity contribution in [2.45, 2.75) is 36.5 Å². The fraction of sp³-hybridized carbons (Fsp3) is 0.667. The topological polar surface area (TPSA) is 120 Å². The minimum Gasteiger partial charge on any atom is -0.368 e. The summed E-state index contributed by atoms with van der Waals surface area (Å²) in [4.78, 5) is 22.2. The number of thioether (sulfide) groups is 1. The Bertz CT molecular complexity index is 464. The van der Waals surface area contributed by atoms with Crippen LogP contribution < -0.4 is 17.2 Å². The van der Waals surface area contributed by atoms with Gasteiger partial charge in [-0.25, -0.2) is 9.89 Å². The first-order valence-electron chi connectivity index (χ1n) is 5.44. The van der Waals surface area contributed by atoms with E-state index in [0.29, 0.717) is 17.3 Å². The van der Waals surface area contributed by atoms with Crippen LogP contribution in [0.4, 0.5) is 0 Å². The molecule has 1 aliphatic carbocycles. The molecule has 1 saturated carbocycles. The van der Waals surface area contributed by atoms with Gasteiger partial charge in [-0.1, -0.05) is 11.8 Å². The van der Waals surface area contributed by atoms with Crippen LogP contribution in [0.15, 0.2) is 9.95 Å². The van der Waals surface area contributed by atoms with Crippen molar-refractivity contribution in [3.05, 3.63) is 10.5 Å². The molecule has 1 aromatic rings. The Morgan fingerprint density at radius 1 is 1.65 bits per heavy atom. The maximum absolute atomic E-state index is 11.5. The minimum absolute atomic E-state index is 0.172. The van der Waals surface area contributed by atoms with E-state index >= 15 is 0 Å². The van der Waals surface area contributed by atoms with Gasteiger partial charge in [0.1, 0.15) is 0 Å². The summed E-state index contributed by atoms with van der Waals surface area (Å²) in [6.45, 7) is 0. The Morgan fingerprint density at radius 2 is 2.35 bits per heavy atom. The Balaban J connectivity index is 1.91. The first-order valence-corrected chi connectivity index (χ1v) is 6.42. The summed E-state index contributed by atoms with van der Waals surface area (Å²) in [5, 5.41) is 7.04. The molecule has 94 valence electrons. The zero-order valence-electron chi connectivity index (χ0n) is 9.26. The van der Waals surface area contributed by atoms with Gasteiger partial charge in [0.15, 0.2) is 5.16 Å². The molecule has 0 aromatic carbocycles. The molecule has 1 unspecified atom stereocenters. The van der Waals surface area contributed by atoms with Crippen LogP contribution in [0.5, 0.6) is 0 Å². The van der Waals surface area contributed by atoms with Crippen molar-refractivity contribution in [2.75, 3.05) is 5.75 Å². The number of amides is 1. The smallest absolute Gasteiger partial charge is 0.344 e. The quantitative estimate of drug-likeness (QED) is 0.576. The second-order valence-electron chi connectivity index (χ2n) is 4.06. The average Bonchev–Trinajstić information content (AvgIpc) is 3.04. The highest BCUT2D eigenvalue weighted by molar-refractivity contribution is 7.99. The van der Waals surface area contributed by atoms with E-state index < -0.39 is 11.9 Å². The van der Waals surface area contributed by atoms with Crippen LogP contribution in [0.25, 0.3) is 0 Å². The van der Waals surface area contributed by atoms with Crippen LogP contribution in [0.3, 0.4) is 0 Å². The monoisotopic (exact) mass is 257 g/mol. The molecule has 17 heavy (non-hydrogen) atoms. The number of rotatable bonds is 6. The van der Waals surface area contributed by atoms with Crippen LogP contribution >= 0.6 is 11.8 Å². The molecule has 0 aliphatic heterocycles. The van der Waals surface area contributed by atoms with Gasteiger partial charge < -0.3 is 11.5 Å². The zero-order valence-corrected chi connectivity index (χ0v) is 10.1. The second kappa shape index (κ2) is 4.92. The summed E-state index contributed by atoms with van der Waals surface area (Å²) < 4.78 is 1.67. The summed E-state index contributed by atoms with van der Waals surface area (Å²) in [5.74, 6) is 0.105. The average molecular weight is 257 g/mol. The van der Waals surface area contributed by atoms with Gasteiger partial charge in [-0.3, -0.25) is 9.36 Å². The first kappa shape index (κ1) is 12.2. The van der Waals surface area contributed by atoms with E-state index in [9.17, 15) is 9.59 Å². The molecule has 1 heterocycles. The van der Waals surface area contributed by atoms with E-state index in [1.54, 1.807) is 4.57 Å². The zero-order chi connectivity index (χ0) is 12.4.